The molecule has 11 heavy (non-hydrogen) atoms. The molecule has 0 aliphatic rings. The fourth-order valence-corrected chi connectivity index (χ4v) is 0.967. The van der Waals surface area contributed by atoms with Crippen LogP contribution in [0.3, 0.4) is 0 Å². The smallest absolute Gasteiger partial charge is 0.305 e. The Morgan fingerprint density at radius 2 is 2.55 bits per heavy atom. The molecule has 1 aromatic rings. The Balaban J connectivity index is 2.51. The monoisotopic (exact) mass is 219 g/mol. The van der Waals surface area contributed by atoms with Gasteiger partial charge in [0, 0.05) is 6.54 Å². The van der Waals surface area contributed by atoms with Crippen LogP contribution in [0.2, 0.25) is 0 Å². The van der Waals surface area contributed by atoms with Crippen LogP contribution in [0.25, 0.3) is 0 Å². The third-order valence-corrected chi connectivity index (χ3v) is 1.75. The second-order valence-corrected chi connectivity index (χ2v) is 2.65. The van der Waals surface area contributed by atoms with E-state index in [0.29, 0.717) is 11.3 Å². The molecule has 1 rings (SSSR count). The molecule has 0 unspecified atom stereocenters. The molecular formula is C5H6BrN3O2. The molecule has 0 saturated carbocycles. The largest absolute Gasteiger partial charge is 0.481 e. The maximum atomic E-state index is 10.1. The van der Waals surface area contributed by atoms with Crippen molar-refractivity contribution in [1.82, 2.24) is 14.8 Å². The van der Waals surface area contributed by atoms with Crippen LogP contribution in [0.1, 0.15) is 6.42 Å². The first-order valence-corrected chi connectivity index (χ1v) is 3.74. The number of carboxylic acids is 1. The molecule has 0 fully saturated rings. The highest BCUT2D eigenvalue weighted by molar-refractivity contribution is 9.10. The first kappa shape index (κ1) is 8.19. The van der Waals surface area contributed by atoms with Gasteiger partial charge in [0.05, 0.1) is 6.42 Å². The minimum absolute atomic E-state index is 0.0800. The molecule has 0 radical (unpaired) electrons. The molecule has 0 bridgehead atoms. The Morgan fingerprint density at radius 1 is 1.82 bits per heavy atom. The number of aromatic nitrogens is 3. The Morgan fingerprint density at radius 3 is 3.00 bits per heavy atom. The number of carbonyl (C=O) groups is 1. The van der Waals surface area contributed by atoms with Crippen molar-refractivity contribution in [2.45, 2.75) is 13.0 Å². The number of rotatable bonds is 3. The average Bonchev–Trinajstić information content (AvgIpc) is 2.31. The molecule has 0 spiro atoms. The van der Waals surface area contributed by atoms with E-state index >= 15 is 0 Å². The molecular weight excluding hydrogens is 214 g/mol. The normalized spacial score (nSPS) is 9.91. The van der Waals surface area contributed by atoms with Crippen molar-refractivity contribution in [3.63, 3.8) is 0 Å². The summed E-state index contributed by atoms with van der Waals surface area (Å²) in [5, 5.41) is 15.5. The molecule has 6 heteroatoms. The van der Waals surface area contributed by atoms with Crippen molar-refractivity contribution in [2.24, 2.45) is 0 Å². The van der Waals surface area contributed by atoms with E-state index in [4.69, 9.17) is 5.11 Å². The number of halogens is 1. The number of nitrogens with zero attached hydrogens (tertiary/aromatic N) is 3. The zero-order valence-corrected chi connectivity index (χ0v) is 7.15. The van der Waals surface area contributed by atoms with Gasteiger partial charge in [-0.25, -0.2) is 0 Å². The van der Waals surface area contributed by atoms with Gasteiger partial charge in [-0.2, -0.15) is 0 Å². The van der Waals surface area contributed by atoms with Gasteiger partial charge in [0.25, 0.3) is 0 Å². The van der Waals surface area contributed by atoms with E-state index in [2.05, 4.69) is 26.1 Å². The standard InChI is InChI=1S/C5H6BrN3O2/c6-5-8-7-3-9(5)2-1-4(10)11/h3H,1-2H2,(H,10,11). The van der Waals surface area contributed by atoms with Gasteiger partial charge in [0.1, 0.15) is 6.33 Å². The van der Waals surface area contributed by atoms with Crippen molar-refractivity contribution in [3.05, 3.63) is 11.1 Å². The molecule has 5 nitrogen and oxygen atoms in total. The van der Waals surface area contributed by atoms with E-state index in [-0.39, 0.29) is 6.42 Å². The third kappa shape index (κ3) is 2.30. The molecule has 1 aromatic heterocycles. The summed E-state index contributed by atoms with van der Waals surface area (Å²) in [6.45, 7) is 0.392. The van der Waals surface area contributed by atoms with E-state index in [9.17, 15) is 4.79 Å². The fourth-order valence-electron chi connectivity index (χ4n) is 0.607. The number of carboxylic acid groups (broad SMARTS) is 1. The highest BCUT2D eigenvalue weighted by Gasteiger charge is 2.01. The van der Waals surface area contributed by atoms with Crippen LogP contribution in [0.5, 0.6) is 0 Å². The van der Waals surface area contributed by atoms with Crippen LogP contribution >= 0.6 is 15.9 Å². The quantitative estimate of drug-likeness (QED) is 0.805. The van der Waals surface area contributed by atoms with Crippen LogP contribution in [0.4, 0.5) is 0 Å². The minimum Gasteiger partial charge on any atom is -0.481 e. The summed E-state index contributed by atoms with van der Waals surface area (Å²) in [4.78, 5) is 10.1. The molecule has 0 atom stereocenters. The zero-order chi connectivity index (χ0) is 8.27. The fraction of sp³-hybridized carbons (Fsp3) is 0.400. The molecule has 0 saturated heterocycles. The van der Waals surface area contributed by atoms with Gasteiger partial charge in [-0.3, -0.25) is 4.79 Å². The number of hydrogen-bond donors (Lipinski definition) is 1. The van der Waals surface area contributed by atoms with Gasteiger partial charge in [0.15, 0.2) is 4.73 Å². The molecule has 1 heterocycles. The predicted octanol–water partition coefficient (Wildman–Crippen LogP) is 0.515. The first-order valence-electron chi connectivity index (χ1n) is 2.95. The Labute approximate surface area is 71.2 Å². The second kappa shape index (κ2) is 3.47. The van der Waals surface area contributed by atoms with E-state index in [1.165, 1.54) is 6.33 Å². The number of aliphatic carboxylic acids is 1. The summed E-state index contributed by atoms with van der Waals surface area (Å²) in [7, 11) is 0. The topological polar surface area (TPSA) is 68.0 Å². The molecule has 0 aromatic carbocycles. The van der Waals surface area contributed by atoms with Crippen molar-refractivity contribution < 1.29 is 9.90 Å². The average molecular weight is 220 g/mol. The van der Waals surface area contributed by atoms with Crippen molar-refractivity contribution in [2.75, 3.05) is 0 Å². The molecule has 0 amide bonds. The van der Waals surface area contributed by atoms with Crippen molar-refractivity contribution in [1.29, 1.82) is 0 Å². The maximum Gasteiger partial charge on any atom is 0.305 e. The first-order chi connectivity index (χ1) is 5.20. The lowest BCUT2D eigenvalue weighted by molar-refractivity contribution is -0.137. The van der Waals surface area contributed by atoms with Gasteiger partial charge in [-0.1, -0.05) is 0 Å². The lowest BCUT2D eigenvalue weighted by atomic mass is 10.4. The third-order valence-electron chi connectivity index (χ3n) is 1.13. The summed E-state index contributed by atoms with van der Waals surface area (Å²) in [6.07, 6.45) is 1.56. The van der Waals surface area contributed by atoms with Crippen LogP contribution in [-0.4, -0.2) is 25.8 Å². The Bertz CT molecular complexity index is 260. The highest BCUT2D eigenvalue weighted by atomic mass is 79.9. The second-order valence-electron chi connectivity index (χ2n) is 1.94. The molecule has 1 N–H and O–H groups in total. The summed E-state index contributed by atoms with van der Waals surface area (Å²) in [5.74, 6) is -0.828. The van der Waals surface area contributed by atoms with Gasteiger partial charge >= 0.3 is 5.97 Å². The van der Waals surface area contributed by atoms with Crippen molar-refractivity contribution in [3.8, 4) is 0 Å². The minimum atomic E-state index is -0.828. The lowest BCUT2D eigenvalue weighted by Crippen LogP contribution is -2.03. The zero-order valence-electron chi connectivity index (χ0n) is 5.57. The Kier molecular flexibility index (Phi) is 2.58. The van der Waals surface area contributed by atoms with Crippen LogP contribution in [-0.2, 0) is 11.3 Å². The summed E-state index contributed by atoms with van der Waals surface area (Å²) < 4.78 is 2.17. The summed E-state index contributed by atoms with van der Waals surface area (Å²) in [5.41, 5.74) is 0. The van der Waals surface area contributed by atoms with Gasteiger partial charge in [-0.15, -0.1) is 10.2 Å². The summed E-state index contributed by atoms with van der Waals surface area (Å²) >= 11 is 3.11. The highest BCUT2D eigenvalue weighted by Crippen LogP contribution is 2.04. The van der Waals surface area contributed by atoms with E-state index in [0.717, 1.165) is 0 Å². The number of hydrogen-bond acceptors (Lipinski definition) is 3. The van der Waals surface area contributed by atoms with Gasteiger partial charge in [-0.05, 0) is 15.9 Å². The summed E-state index contributed by atoms with van der Waals surface area (Å²) in [6, 6.07) is 0. The Hall–Kier alpha value is -0.910. The van der Waals surface area contributed by atoms with Gasteiger partial charge < -0.3 is 9.67 Å². The van der Waals surface area contributed by atoms with E-state index in [1.807, 2.05) is 0 Å². The predicted molar refractivity (Wildman–Crippen MR) is 40.0 cm³/mol. The number of aryl methyl sites for hydroxylation is 1. The van der Waals surface area contributed by atoms with E-state index < -0.39 is 5.97 Å². The molecule has 0 aliphatic carbocycles. The van der Waals surface area contributed by atoms with Gasteiger partial charge in [0.2, 0.25) is 0 Å². The van der Waals surface area contributed by atoms with Crippen LogP contribution in [0.15, 0.2) is 11.1 Å². The van der Waals surface area contributed by atoms with Crippen LogP contribution < -0.4 is 0 Å². The van der Waals surface area contributed by atoms with Crippen molar-refractivity contribution >= 4 is 21.9 Å². The SMILES string of the molecule is O=C(O)CCn1cnnc1Br. The maximum absolute atomic E-state index is 10.1. The molecule has 60 valence electrons. The lowest BCUT2D eigenvalue weighted by Gasteiger charge is -1.97. The van der Waals surface area contributed by atoms with Crippen LogP contribution in [0, 0.1) is 0 Å². The van der Waals surface area contributed by atoms with E-state index in [1.54, 1.807) is 4.57 Å². The molecule has 0 aliphatic heterocycles.